The van der Waals surface area contributed by atoms with Crippen LogP contribution in [0.1, 0.15) is 26.2 Å². The van der Waals surface area contributed by atoms with E-state index in [0.29, 0.717) is 6.54 Å². The molecule has 0 aromatic carbocycles. The summed E-state index contributed by atoms with van der Waals surface area (Å²) in [6.07, 6.45) is 2.44. The van der Waals surface area contributed by atoms with Gasteiger partial charge in [0.1, 0.15) is 0 Å². The van der Waals surface area contributed by atoms with Crippen LogP contribution >= 0.6 is 0 Å². The Balaban J connectivity index is 2.09. The summed E-state index contributed by atoms with van der Waals surface area (Å²) in [7, 11) is -2.97. The van der Waals surface area contributed by atoms with Crippen LogP contribution < -0.4 is 5.73 Å². The molecule has 1 aliphatic carbocycles. The molecule has 1 amide bonds. The van der Waals surface area contributed by atoms with E-state index in [4.69, 9.17) is 5.73 Å². The maximum absolute atomic E-state index is 12.1. The van der Waals surface area contributed by atoms with Gasteiger partial charge in [-0.15, -0.1) is 0 Å². The quantitative estimate of drug-likeness (QED) is 0.677. The average Bonchev–Trinajstić information content (AvgIpc) is 2.12. The van der Waals surface area contributed by atoms with Crippen molar-refractivity contribution in [2.24, 2.45) is 5.73 Å². The molecule has 2 fully saturated rings. The van der Waals surface area contributed by atoms with E-state index in [1.165, 1.54) is 0 Å². The number of carbonyl (C=O) groups is 1. The highest BCUT2D eigenvalue weighted by Gasteiger charge is 2.45. The summed E-state index contributed by atoms with van der Waals surface area (Å²) < 4.78 is 22.8. The topological polar surface area (TPSA) is 80.5 Å². The zero-order valence-electron chi connectivity index (χ0n) is 9.48. The number of sulfone groups is 1. The highest BCUT2D eigenvalue weighted by molar-refractivity contribution is 7.91. The molecule has 6 heteroatoms. The highest BCUT2D eigenvalue weighted by Crippen LogP contribution is 2.32. The SMILES string of the molecule is CC1CS(=O)(=O)CCN1C(=O)C1(N)CCC1. The molecule has 1 saturated heterocycles. The monoisotopic (exact) mass is 246 g/mol. The lowest BCUT2D eigenvalue weighted by molar-refractivity contribution is -0.141. The van der Waals surface area contributed by atoms with Crippen molar-refractivity contribution in [3.8, 4) is 0 Å². The standard InChI is InChI=1S/C10H18N2O3S/c1-8-7-16(14,15)6-5-12(8)9(13)10(11)3-2-4-10/h8H,2-7,11H2,1H3. The van der Waals surface area contributed by atoms with Crippen LogP contribution in [0.3, 0.4) is 0 Å². The zero-order valence-corrected chi connectivity index (χ0v) is 10.3. The molecule has 1 saturated carbocycles. The first-order valence-electron chi connectivity index (χ1n) is 5.64. The van der Waals surface area contributed by atoms with Crippen LogP contribution in [0.25, 0.3) is 0 Å². The van der Waals surface area contributed by atoms with Gasteiger partial charge in [0.15, 0.2) is 9.84 Å². The van der Waals surface area contributed by atoms with Gasteiger partial charge in [0.05, 0.1) is 17.0 Å². The van der Waals surface area contributed by atoms with Crippen LogP contribution in [0.15, 0.2) is 0 Å². The first-order valence-corrected chi connectivity index (χ1v) is 7.47. The molecule has 92 valence electrons. The van der Waals surface area contributed by atoms with Crippen molar-refractivity contribution >= 4 is 15.7 Å². The Labute approximate surface area is 95.9 Å². The predicted octanol–water partition coefficient (Wildman–Crippen LogP) is -0.487. The van der Waals surface area contributed by atoms with Crippen LogP contribution in [0, 0.1) is 0 Å². The lowest BCUT2D eigenvalue weighted by Gasteiger charge is -2.43. The maximum atomic E-state index is 12.1. The minimum atomic E-state index is -2.97. The van der Waals surface area contributed by atoms with Gasteiger partial charge < -0.3 is 10.6 Å². The van der Waals surface area contributed by atoms with Gasteiger partial charge in [-0.25, -0.2) is 8.42 Å². The smallest absolute Gasteiger partial charge is 0.242 e. The van der Waals surface area contributed by atoms with Gasteiger partial charge in [-0.3, -0.25) is 4.79 Å². The van der Waals surface area contributed by atoms with Gasteiger partial charge in [0, 0.05) is 12.6 Å². The second kappa shape index (κ2) is 3.70. The molecule has 2 aliphatic rings. The van der Waals surface area contributed by atoms with Crippen molar-refractivity contribution in [1.29, 1.82) is 0 Å². The molecule has 0 spiro atoms. The summed E-state index contributed by atoms with van der Waals surface area (Å²) in [5, 5.41) is 0. The average molecular weight is 246 g/mol. The number of carbonyl (C=O) groups excluding carboxylic acids is 1. The molecule has 1 aliphatic heterocycles. The van der Waals surface area contributed by atoms with Crippen molar-refractivity contribution in [1.82, 2.24) is 4.90 Å². The Kier molecular flexibility index (Phi) is 2.74. The van der Waals surface area contributed by atoms with E-state index in [2.05, 4.69) is 0 Å². The molecule has 16 heavy (non-hydrogen) atoms. The molecule has 0 bridgehead atoms. The number of hydrogen-bond acceptors (Lipinski definition) is 4. The predicted molar refractivity (Wildman–Crippen MR) is 60.6 cm³/mol. The van der Waals surface area contributed by atoms with E-state index in [0.717, 1.165) is 19.3 Å². The fraction of sp³-hybridized carbons (Fsp3) is 0.900. The van der Waals surface area contributed by atoms with Gasteiger partial charge in [0.2, 0.25) is 5.91 Å². The lowest BCUT2D eigenvalue weighted by Crippen LogP contribution is -2.63. The fourth-order valence-corrected chi connectivity index (χ4v) is 3.91. The van der Waals surface area contributed by atoms with E-state index in [9.17, 15) is 13.2 Å². The van der Waals surface area contributed by atoms with Crippen LogP contribution in [0.2, 0.25) is 0 Å². The molecule has 0 aromatic heterocycles. The summed E-state index contributed by atoms with van der Waals surface area (Å²) in [6.45, 7) is 2.07. The molecule has 1 atom stereocenters. The van der Waals surface area contributed by atoms with Crippen molar-refractivity contribution in [3.63, 3.8) is 0 Å². The molecule has 5 nitrogen and oxygen atoms in total. The highest BCUT2D eigenvalue weighted by atomic mass is 32.2. The Bertz CT molecular complexity index is 400. The molecule has 2 rings (SSSR count). The number of hydrogen-bond donors (Lipinski definition) is 1. The maximum Gasteiger partial charge on any atom is 0.242 e. The first-order chi connectivity index (χ1) is 7.34. The van der Waals surface area contributed by atoms with Crippen molar-refractivity contribution in [2.45, 2.75) is 37.8 Å². The summed E-state index contributed by atoms with van der Waals surface area (Å²) in [5.74, 6) is 0.0645. The van der Waals surface area contributed by atoms with Crippen LogP contribution in [-0.2, 0) is 14.6 Å². The normalized spacial score (nSPS) is 31.9. The van der Waals surface area contributed by atoms with Gasteiger partial charge >= 0.3 is 0 Å². The molecular formula is C10H18N2O3S. The largest absolute Gasteiger partial charge is 0.336 e. The third kappa shape index (κ3) is 1.96. The van der Waals surface area contributed by atoms with Gasteiger partial charge in [-0.2, -0.15) is 0 Å². The van der Waals surface area contributed by atoms with Gasteiger partial charge in [0.25, 0.3) is 0 Å². The molecular weight excluding hydrogens is 228 g/mol. The second-order valence-electron chi connectivity index (χ2n) is 4.97. The van der Waals surface area contributed by atoms with Crippen molar-refractivity contribution in [2.75, 3.05) is 18.1 Å². The van der Waals surface area contributed by atoms with Gasteiger partial charge in [-0.05, 0) is 26.2 Å². The Morgan fingerprint density at radius 2 is 2.06 bits per heavy atom. The van der Waals surface area contributed by atoms with Crippen molar-refractivity contribution in [3.05, 3.63) is 0 Å². The summed E-state index contributed by atoms with van der Waals surface area (Å²) in [6, 6.07) is -0.243. The van der Waals surface area contributed by atoms with E-state index in [1.54, 1.807) is 11.8 Å². The molecule has 0 aromatic rings. The van der Waals surface area contributed by atoms with Gasteiger partial charge in [-0.1, -0.05) is 0 Å². The number of nitrogens with zero attached hydrogens (tertiary/aromatic N) is 1. The van der Waals surface area contributed by atoms with Crippen LogP contribution in [-0.4, -0.2) is 48.9 Å². The Morgan fingerprint density at radius 1 is 1.44 bits per heavy atom. The molecule has 0 radical (unpaired) electrons. The molecule has 1 unspecified atom stereocenters. The summed E-state index contributed by atoms with van der Waals surface area (Å²) in [5.41, 5.74) is 5.25. The lowest BCUT2D eigenvalue weighted by atomic mass is 9.76. The Morgan fingerprint density at radius 3 is 2.50 bits per heavy atom. The third-order valence-corrected chi connectivity index (χ3v) is 5.40. The van der Waals surface area contributed by atoms with Crippen LogP contribution in [0.5, 0.6) is 0 Å². The van der Waals surface area contributed by atoms with E-state index >= 15 is 0 Å². The number of amides is 1. The number of nitrogens with two attached hydrogens (primary N) is 1. The fourth-order valence-electron chi connectivity index (χ4n) is 2.36. The molecule has 1 heterocycles. The van der Waals surface area contributed by atoms with E-state index in [1.807, 2.05) is 0 Å². The second-order valence-corrected chi connectivity index (χ2v) is 7.20. The summed E-state index contributed by atoms with van der Waals surface area (Å²) >= 11 is 0. The van der Waals surface area contributed by atoms with Crippen molar-refractivity contribution < 1.29 is 13.2 Å². The minimum Gasteiger partial charge on any atom is -0.336 e. The van der Waals surface area contributed by atoms with E-state index in [-0.39, 0.29) is 23.5 Å². The van der Waals surface area contributed by atoms with Crippen LogP contribution in [0.4, 0.5) is 0 Å². The third-order valence-electron chi connectivity index (χ3n) is 3.60. The minimum absolute atomic E-state index is 0.0643. The molecule has 2 N–H and O–H groups in total. The first kappa shape index (κ1) is 11.9. The van der Waals surface area contributed by atoms with E-state index < -0.39 is 15.4 Å². The Hall–Kier alpha value is -0.620. The number of rotatable bonds is 1. The zero-order chi connectivity index (χ0) is 12.0. The summed E-state index contributed by atoms with van der Waals surface area (Å²) in [4.78, 5) is 13.8.